The molecule has 0 spiro atoms. The van der Waals surface area contributed by atoms with Crippen molar-refractivity contribution in [2.24, 2.45) is 5.92 Å². The highest BCUT2D eigenvalue weighted by Crippen LogP contribution is 2.24. The molecule has 72 valence electrons. The van der Waals surface area contributed by atoms with Gasteiger partial charge in [-0.05, 0) is 31.6 Å². The number of alkyl halides is 1. The molecule has 1 fully saturated rings. The van der Waals surface area contributed by atoms with Gasteiger partial charge in [0.1, 0.15) is 0 Å². The summed E-state index contributed by atoms with van der Waals surface area (Å²) >= 11 is 5.55. The van der Waals surface area contributed by atoms with Gasteiger partial charge >= 0.3 is 0 Å². The van der Waals surface area contributed by atoms with Crippen LogP contribution in [-0.4, -0.2) is 19.1 Å². The minimum Gasteiger partial charge on any atom is -0.381 e. The minimum absolute atomic E-state index is 0.771. The molecule has 0 aliphatic heterocycles. The van der Waals surface area contributed by atoms with Crippen molar-refractivity contribution in [2.45, 2.75) is 38.5 Å². The molecule has 1 nitrogen and oxygen atoms in total. The molecule has 1 saturated carbocycles. The summed E-state index contributed by atoms with van der Waals surface area (Å²) in [6, 6.07) is 0. The molecule has 0 heterocycles. The van der Waals surface area contributed by atoms with Gasteiger partial charge in [0, 0.05) is 19.1 Å². The summed E-state index contributed by atoms with van der Waals surface area (Å²) in [5.41, 5.74) is 0. The number of ether oxygens (including phenoxy) is 1. The molecule has 12 heavy (non-hydrogen) atoms. The summed E-state index contributed by atoms with van der Waals surface area (Å²) in [5, 5.41) is 0. The fourth-order valence-corrected chi connectivity index (χ4v) is 1.91. The fourth-order valence-electron chi connectivity index (χ4n) is 1.73. The lowest BCUT2D eigenvalue weighted by Crippen LogP contribution is -2.06. The number of rotatable bonds is 6. The zero-order valence-electron chi connectivity index (χ0n) is 7.73. The van der Waals surface area contributed by atoms with E-state index in [4.69, 9.17) is 16.3 Å². The molecule has 0 unspecified atom stereocenters. The highest BCUT2D eigenvalue weighted by Gasteiger charge is 2.14. The maximum atomic E-state index is 5.56. The topological polar surface area (TPSA) is 9.23 Å². The van der Waals surface area contributed by atoms with Crippen LogP contribution in [0.25, 0.3) is 0 Å². The SMILES string of the molecule is ClCCCCOCC1CCCC1. The Hall–Kier alpha value is 0.250. The van der Waals surface area contributed by atoms with E-state index in [1.807, 2.05) is 0 Å². The Labute approximate surface area is 80.4 Å². The van der Waals surface area contributed by atoms with Crippen LogP contribution in [0.3, 0.4) is 0 Å². The van der Waals surface area contributed by atoms with Crippen LogP contribution in [0.15, 0.2) is 0 Å². The molecule has 0 N–H and O–H groups in total. The van der Waals surface area contributed by atoms with Crippen molar-refractivity contribution in [3.8, 4) is 0 Å². The highest BCUT2D eigenvalue weighted by molar-refractivity contribution is 6.17. The van der Waals surface area contributed by atoms with Crippen molar-refractivity contribution in [2.75, 3.05) is 19.1 Å². The first-order valence-corrected chi connectivity index (χ1v) is 5.60. The molecule has 0 saturated heterocycles. The highest BCUT2D eigenvalue weighted by atomic mass is 35.5. The first kappa shape index (κ1) is 10.3. The van der Waals surface area contributed by atoms with E-state index in [0.717, 1.165) is 37.9 Å². The second-order valence-electron chi connectivity index (χ2n) is 3.62. The minimum atomic E-state index is 0.771. The lowest BCUT2D eigenvalue weighted by Gasteiger charge is -2.08. The normalized spacial score (nSPS) is 18.8. The standard InChI is InChI=1S/C10H19ClO/c11-7-3-4-8-12-9-10-5-1-2-6-10/h10H,1-9H2. The van der Waals surface area contributed by atoms with Gasteiger partial charge in [-0.15, -0.1) is 11.6 Å². The smallest absolute Gasteiger partial charge is 0.0494 e. The predicted octanol–water partition coefficient (Wildman–Crippen LogP) is 3.21. The van der Waals surface area contributed by atoms with Crippen LogP contribution < -0.4 is 0 Å². The third-order valence-electron chi connectivity index (χ3n) is 2.50. The van der Waals surface area contributed by atoms with Crippen molar-refractivity contribution in [1.29, 1.82) is 0 Å². The first-order chi connectivity index (χ1) is 5.93. The van der Waals surface area contributed by atoms with Crippen LogP contribution in [-0.2, 0) is 4.74 Å². The van der Waals surface area contributed by atoms with Gasteiger partial charge in [-0.3, -0.25) is 0 Å². The lowest BCUT2D eigenvalue weighted by atomic mass is 10.1. The van der Waals surface area contributed by atoms with Crippen LogP contribution in [0.1, 0.15) is 38.5 Å². The molecule has 0 aromatic rings. The summed E-state index contributed by atoms with van der Waals surface area (Å²) in [6.07, 6.45) is 7.80. The van der Waals surface area contributed by atoms with Crippen LogP contribution in [0.4, 0.5) is 0 Å². The summed E-state index contributed by atoms with van der Waals surface area (Å²) in [7, 11) is 0. The molecule has 1 aliphatic rings. The second kappa shape index (κ2) is 6.73. The quantitative estimate of drug-likeness (QED) is 0.462. The zero-order chi connectivity index (χ0) is 8.65. The molecule has 0 amide bonds. The van der Waals surface area contributed by atoms with Crippen LogP contribution in [0, 0.1) is 5.92 Å². The Kier molecular flexibility index (Phi) is 5.80. The maximum Gasteiger partial charge on any atom is 0.0494 e. The molecule has 1 rings (SSSR count). The first-order valence-electron chi connectivity index (χ1n) is 5.07. The van der Waals surface area contributed by atoms with E-state index >= 15 is 0 Å². The maximum absolute atomic E-state index is 5.56. The van der Waals surface area contributed by atoms with E-state index in [1.165, 1.54) is 25.7 Å². The second-order valence-corrected chi connectivity index (χ2v) is 4.00. The lowest BCUT2D eigenvalue weighted by molar-refractivity contribution is 0.0991. The van der Waals surface area contributed by atoms with E-state index in [0.29, 0.717) is 0 Å². The van der Waals surface area contributed by atoms with Gasteiger partial charge in [0.15, 0.2) is 0 Å². The molecule has 0 atom stereocenters. The van der Waals surface area contributed by atoms with Gasteiger partial charge < -0.3 is 4.74 Å². The van der Waals surface area contributed by atoms with E-state index in [1.54, 1.807) is 0 Å². The molecule has 1 aliphatic carbocycles. The monoisotopic (exact) mass is 190 g/mol. The van der Waals surface area contributed by atoms with Crippen molar-refractivity contribution in [3.63, 3.8) is 0 Å². The Morgan fingerprint density at radius 1 is 1.17 bits per heavy atom. The van der Waals surface area contributed by atoms with Gasteiger partial charge in [0.2, 0.25) is 0 Å². The molecular formula is C10H19ClO. The number of unbranched alkanes of at least 4 members (excludes halogenated alkanes) is 1. The average molecular weight is 191 g/mol. The molecule has 0 aromatic carbocycles. The average Bonchev–Trinajstić information content (AvgIpc) is 2.57. The van der Waals surface area contributed by atoms with Gasteiger partial charge in [-0.1, -0.05) is 12.8 Å². The fraction of sp³-hybridized carbons (Fsp3) is 1.00. The molecule has 0 radical (unpaired) electrons. The number of halogens is 1. The summed E-state index contributed by atoms with van der Waals surface area (Å²) in [6.45, 7) is 1.89. The molecular weight excluding hydrogens is 172 g/mol. The summed E-state index contributed by atoms with van der Waals surface area (Å²) in [5.74, 6) is 1.63. The van der Waals surface area contributed by atoms with Gasteiger partial charge in [-0.25, -0.2) is 0 Å². The van der Waals surface area contributed by atoms with Gasteiger partial charge in [-0.2, -0.15) is 0 Å². The Bertz CT molecular complexity index is 100. The number of hydrogen-bond acceptors (Lipinski definition) is 1. The number of hydrogen-bond donors (Lipinski definition) is 0. The summed E-state index contributed by atoms with van der Waals surface area (Å²) < 4.78 is 5.56. The Morgan fingerprint density at radius 3 is 2.58 bits per heavy atom. The van der Waals surface area contributed by atoms with E-state index < -0.39 is 0 Å². The van der Waals surface area contributed by atoms with E-state index in [2.05, 4.69) is 0 Å². The largest absolute Gasteiger partial charge is 0.381 e. The van der Waals surface area contributed by atoms with Crippen molar-refractivity contribution >= 4 is 11.6 Å². The molecule has 2 heteroatoms. The van der Waals surface area contributed by atoms with Crippen LogP contribution in [0.2, 0.25) is 0 Å². The zero-order valence-corrected chi connectivity index (χ0v) is 8.48. The van der Waals surface area contributed by atoms with Crippen LogP contribution in [0.5, 0.6) is 0 Å². The Balaban J connectivity index is 1.81. The third kappa shape index (κ3) is 4.32. The Morgan fingerprint density at radius 2 is 1.92 bits per heavy atom. The van der Waals surface area contributed by atoms with Gasteiger partial charge in [0.05, 0.1) is 0 Å². The molecule has 0 bridgehead atoms. The molecule has 0 aromatic heterocycles. The van der Waals surface area contributed by atoms with Crippen LogP contribution >= 0.6 is 11.6 Å². The van der Waals surface area contributed by atoms with Crippen molar-refractivity contribution in [1.82, 2.24) is 0 Å². The van der Waals surface area contributed by atoms with E-state index in [-0.39, 0.29) is 0 Å². The van der Waals surface area contributed by atoms with Crippen molar-refractivity contribution in [3.05, 3.63) is 0 Å². The van der Waals surface area contributed by atoms with E-state index in [9.17, 15) is 0 Å². The van der Waals surface area contributed by atoms with Gasteiger partial charge in [0.25, 0.3) is 0 Å². The van der Waals surface area contributed by atoms with Crippen molar-refractivity contribution < 1.29 is 4.74 Å². The summed E-state index contributed by atoms with van der Waals surface area (Å²) in [4.78, 5) is 0. The predicted molar refractivity (Wildman–Crippen MR) is 52.7 cm³/mol. The third-order valence-corrected chi connectivity index (χ3v) is 2.77.